The Morgan fingerprint density at radius 1 is 0.222 bits per heavy atom. The van der Waals surface area contributed by atoms with Gasteiger partial charge < -0.3 is 13.7 Å². The van der Waals surface area contributed by atoms with Crippen LogP contribution in [-0.4, -0.2) is 0 Å². The maximum Gasteiger partial charge on any atom is 0.143 e. The van der Waals surface area contributed by atoms with E-state index in [0.717, 1.165) is 94.0 Å². The fourth-order valence-corrected chi connectivity index (χ4v) is 9.80. The number of nitrogens with zero attached hydrogens (tertiary/aromatic N) is 1. The molecule has 0 radical (unpaired) electrons. The van der Waals surface area contributed by atoms with Gasteiger partial charge in [-0.25, -0.2) is 0 Å². The summed E-state index contributed by atoms with van der Waals surface area (Å²) >= 11 is 0. The lowest BCUT2D eigenvalue weighted by Crippen LogP contribution is -2.09. The van der Waals surface area contributed by atoms with Gasteiger partial charge >= 0.3 is 0 Å². The molecule has 0 atom stereocenters. The van der Waals surface area contributed by atoms with Crippen LogP contribution in [0.25, 0.3) is 110 Å². The topological polar surface area (TPSA) is 29.5 Å². The minimum Gasteiger partial charge on any atom is -0.455 e. The Morgan fingerprint density at radius 3 is 1.03 bits per heavy atom. The Bertz CT molecular complexity index is 3690. The summed E-state index contributed by atoms with van der Waals surface area (Å²) in [5, 5.41) is 11.6. The van der Waals surface area contributed by atoms with Gasteiger partial charge in [0, 0.05) is 60.5 Å². The van der Waals surface area contributed by atoms with Crippen molar-refractivity contribution in [3.63, 3.8) is 0 Å². The largest absolute Gasteiger partial charge is 0.455 e. The smallest absolute Gasteiger partial charge is 0.143 e. The summed E-state index contributed by atoms with van der Waals surface area (Å²) in [5.41, 5.74) is 13.6. The first-order chi connectivity index (χ1) is 31.2. The van der Waals surface area contributed by atoms with E-state index in [4.69, 9.17) is 8.83 Å². The molecule has 13 aromatic rings. The summed E-state index contributed by atoms with van der Waals surface area (Å²) in [7, 11) is 0. The Balaban J connectivity index is 0.915. The molecule has 0 spiro atoms. The molecule has 3 nitrogen and oxygen atoms in total. The molecule has 2 aromatic heterocycles. The average Bonchev–Trinajstić information content (AvgIpc) is 3.94. The first-order valence-electron chi connectivity index (χ1n) is 21.5. The Morgan fingerprint density at radius 2 is 0.556 bits per heavy atom. The van der Waals surface area contributed by atoms with Crippen LogP contribution >= 0.6 is 0 Å². The van der Waals surface area contributed by atoms with Gasteiger partial charge in [-0.1, -0.05) is 176 Å². The molecule has 0 amide bonds. The Hall–Kier alpha value is -8.40. The highest BCUT2D eigenvalue weighted by Gasteiger charge is 2.19. The van der Waals surface area contributed by atoms with Gasteiger partial charge in [0.1, 0.15) is 22.3 Å². The number of fused-ring (bicyclic) bond motifs is 11. The van der Waals surface area contributed by atoms with Crippen LogP contribution in [0.1, 0.15) is 0 Å². The summed E-state index contributed by atoms with van der Waals surface area (Å²) in [6.07, 6.45) is 0. The van der Waals surface area contributed by atoms with Gasteiger partial charge in [0.25, 0.3) is 0 Å². The van der Waals surface area contributed by atoms with E-state index in [1.165, 1.54) is 32.7 Å². The van der Waals surface area contributed by atoms with Crippen molar-refractivity contribution in [3.05, 3.63) is 224 Å². The predicted molar refractivity (Wildman–Crippen MR) is 265 cm³/mol. The monoisotopic (exact) mass is 803 g/mol. The van der Waals surface area contributed by atoms with Crippen LogP contribution in [0.15, 0.2) is 233 Å². The third kappa shape index (κ3) is 5.67. The van der Waals surface area contributed by atoms with Crippen LogP contribution < -0.4 is 4.90 Å². The lowest BCUT2D eigenvalue weighted by atomic mass is 9.98. The van der Waals surface area contributed by atoms with Crippen LogP contribution in [0.5, 0.6) is 0 Å². The number of hydrogen-bond acceptors (Lipinski definition) is 3. The molecule has 294 valence electrons. The number of rotatable bonds is 6. The molecule has 0 aliphatic heterocycles. The zero-order chi connectivity index (χ0) is 41.4. The molecule has 0 bridgehead atoms. The molecular weight excluding hydrogens is 767 g/mol. The minimum atomic E-state index is 0.903. The summed E-state index contributed by atoms with van der Waals surface area (Å²) in [6, 6.07) is 80.3. The summed E-state index contributed by atoms with van der Waals surface area (Å²) < 4.78 is 13.5. The number of furan rings is 2. The molecular formula is C60H37NO2. The SMILES string of the molecule is c1ccc2c(-c3ccc(N(c4ccc(-c5cccc6c5oc5c7ccccc7ccc65)cc4)c4ccc(-c5cccc6c5oc5c7ccccc7ccc65)cc4)cc3)cccc2c1. The van der Waals surface area contributed by atoms with Crippen LogP contribution in [0, 0.1) is 0 Å². The standard InChI is InChI=1S/C60H37NO2/c1-4-14-47-38(10-1)13-7-17-48(47)41-22-30-44(31-23-41)61(45-32-24-42(25-33-45)51-18-8-20-53-55-36-28-39-11-2-5-15-49(39)59(55)62-57(51)53)46-34-26-43(27-35-46)52-19-9-21-54-56-37-29-40-12-3-6-16-50(40)60(56)63-58(52)54/h1-37H. The molecule has 63 heavy (non-hydrogen) atoms. The number of para-hydroxylation sites is 2. The quantitative estimate of drug-likeness (QED) is 0.168. The highest BCUT2D eigenvalue weighted by Crippen LogP contribution is 2.43. The molecule has 11 aromatic carbocycles. The second-order valence-electron chi connectivity index (χ2n) is 16.4. The van der Waals surface area contributed by atoms with Gasteiger partial charge in [-0.05, 0) is 92.3 Å². The fraction of sp³-hybridized carbons (Fsp3) is 0. The van der Waals surface area contributed by atoms with Crippen molar-refractivity contribution in [1.29, 1.82) is 0 Å². The molecule has 0 saturated carbocycles. The Labute approximate surface area is 363 Å². The van der Waals surface area contributed by atoms with E-state index in [2.05, 4.69) is 229 Å². The van der Waals surface area contributed by atoms with E-state index in [9.17, 15) is 0 Å². The van der Waals surface area contributed by atoms with E-state index >= 15 is 0 Å². The summed E-state index contributed by atoms with van der Waals surface area (Å²) in [4.78, 5) is 2.34. The molecule has 0 saturated heterocycles. The Kier molecular flexibility index (Phi) is 7.91. The van der Waals surface area contributed by atoms with E-state index in [1.807, 2.05) is 0 Å². The molecule has 2 heterocycles. The van der Waals surface area contributed by atoms with Gasteiger partial charge in [-0.2, -0.15) is 0 Å². The van der Waals surface area contributed by atoms with Gasteiger partial charge in [0.15, 0.2) is 0 Å². The fourth-order valence-electron chi connectivity index (χ4n) is 9.80. The van der Waals surface area contributed by atoms with Crippen molar-refractivity contribution in [2.45, 2.75) is 0 Å². The van der Waals surface area contributed by atoms with Crippen LogP contribution in [0.2, 0.25) is 0 Å². The molecule has 13 rings (SSSR count). The zero-order valence-electron chi connectivity index (χ0n) is 34.1. The van der Waals surface area contributed by atoms with Crippen LogP contribution in [-0.2, 0) is 0 Å². The van der Waals surface area contributed by atoms with Crippen molar-refractivity contribution in [1.82, 2.24) is 0 Å². The number of anilines is 3. The highest BCUT2D eigenvalue weighted by molar-refractivity contribution is 6.18. The normalized spacial score (nSPS) is 11.8. The van der Waals surface area contributed by atoms with Gasteiger partial charge in [0.2, 0.25) is 0 Å². The van der Waals surface area contributed by atoms with Gasteiger partial charge in [-0.15, -0.1) is 0 Å². The zero-order valence-corrected chi connectivity index (χ0v) is 34.1. The van der Waals surface area contributed by atoms with Gasteiger partial charge in [-0.3, -0.25) is 0 Å². The molecule has 0 aliphatic rings. The molecule has 0 unspecified atom stereocenters. The molecule has 0 fully saturated rings. The minimum absolute atomic E-state index is 0.903. The third-order valence-electron chi connectivity index (χ3n) is 12.9. The lowest BCUT2D eigenvalue weighted by Gasteiger charge is -2.26. The van der Waals surface area contributed by atoms with E-state index in [1.54, 1.807) is 0 Å². The van der Waals surface area contributed by atoms with Crippen molar-refractivity contribution in [3.8, 4) is 33.4 Å². The van der Waals surface area contributed by atoms with E-state index in [-0.39, 0.29) is 0 Å². The van der Waals surface area contributed by atoms with E-state index in [0.29, 0.717) is 0 Å². The third-order valence-corrected chi connectivity index (χ3v) is 12.9. The molecule has 0 N–H and O–H groups in total. The maximum absolute atomic E-state index is 6.74. The van der Waals surface area contributed by atoms with Crippen LogP contribution in [0.4, 0.5) is 17.1 Å². The second kappa shape index (κ2) is 14.1. The predicted octanol–water partition coefficient (Wildman–Crippen LogP) is 17.4. The van der Waals surface area contributed by atoms with Crippen molar-refractivity contribution < 1.29 is 8.83 Å². The summed E-state index contributed by atoms with van der Waals surface area (Å²) in [5.74, 6) is 0. The first kappa shape index (κ1) is 35.4. The van der Waals surface area contributed by atoms with Crippen molar-refractivity contribution >= 4 is 93.3 Å². The summed E-state index contributed by atoms with van der Waals surface area (Å²) in [6.45, 7) is 0. The van der Waals surface area contributed by atoms with Crippen molar-refractivity contribution in [2.75, 3.05) is 4.90 Å². The number of benzene rings is 11. The highest BCUT2D eigenvalue weighted by atomic mass is 16.3. The molecule has 3 heteroatoms. The maximum atomic E-state index is 6.74. The molecule has 0 aliphatic carbocycles. The second-order valence-corrected chi connectivity index (χ2v) is 16.4. The average molecular weight is 804 g/mol. The van der Waals surface area contributed by atoms with Crippen molar-refractivity contribution in [2.24, 2.45) is 0 Å². The van der Waals surface area contributed by atoms with Gasteiger partial charge in [0.05, 0.1) is 0 Å². The lowest BCUT2D eigenvalue weighted by molar-refractivity contribution is 0.673. The van der Waals surface area contributed by atoms with E-state index < -0.39 is 0 Å². The number of hydrogen-bond donors (Lipinski definition) is 0. The first-order valence-corrected chi connectivity index (χ1v) is 21.5. The van der Waals surface area contributed by atoms with Crippen LogP contribution in [0.3, 0.4) is 0 Å².